The Bertz CT molecular complexity index is 825. The number of morpholine rings is 1. The molecule has 10 heteroatoms. The molecule has 0 spiro atoms. The van der Waals surface area contributed by atoms with Gasteiger partial charge in [0.1, 0.15) is 5.60 Å². The number of alkyl halides is 3. The molecule has 0 aromatic heterocycles. The van der Waals surface area contributed by atoms with Gasteiger partial charge in [-0.3, -0.25) is 4.79 Å². The second kappa shape index (κ2) is 9.56. The molecule has 7 nitrogen and oxygen atoms in total. The zero-order chi connectivity index (χ0) is 23.5. The van der Waals surface area contributed by atoms with Gasteiger partial charge in [-0.15, -0.1) is 0 Å². The van der Waals surface area contributed by atoms with Crippen molar-refractivity contribution in [3.05, 3.63) is 23.8 Å². The van der Waals surface area contributed by atoms with E-state index in [2.05, 4.69) is 5.32 Å². The molecular weight excluding hydrogens is 427 g/mol. The van der Waals surface area contributed by atoms with Crippen LogP contribution in [-0.4, -0.2) is 61.9 Å². The molecule has 0 aliphatic carbocycles. The summed E-state index contributed by atoms with van der Waals surface area (Å²) < 4.78 is 51.7. The lowest BCUT2D eigenvalue weighted by molar-refractivity contribution is -0.137. The predicted molar refractivity (Wildman–Crippen MR) is 114 cm³/mol. The molecule has 0 bridgehead atoms. The van der Waals surface area contributed by atoms with Gasteiger partial charge in [0.15, 0.2) is 0 Å². The molecule has 0 atom stereocenters. The standard InChI is InChI=1S/C22H30F3N3O4/c1-21(2,3)32-20(30)28-8-6-15(7-9-28)19(29)26-18-5-4-16(14-17(18)22(23,24)25)27-10-12-31-13-11-27/h4-5,14-15H,6-13H2,1-3H3,(H,26,29). The van der Waals surface area contributed by atoms with E-state index in [0.717, 1.165) is 6.07 Å². The van der Waals surface area contributed by atoms with Gasteiger partial charge in [0, 0.05) is 37.8 Å². The molecule has 0 unspecified atom stereocenters. The summed E-state index contributed by atoms with van der Waals surface area (Å²) in [5.41, 5.74) is -1.30. The van der Waals surface area contributed by atoms with E-state index in [4.69, 9.17) is 9.47 Å². The molecule has 1 N–H and O–H groups in total. The average Bonchev–Trinajstić information content (AvgIpc) is 2.73. The van der Waals surface area contributed by atoms with Crippen LogP contribution in [0.25, 0.3) is 0 Å². The van der Waals surface area contributed by atoms with Gasteiger partial charge in [0.2, 0.25) is 5.91 Å². The van der Waals surface area contributed by atoms with Crippen LogP contribution in [0.4, 0.5) is 29.3 Å². The minimum atomic E-state index is -4.61. The quantitative estimate of drug-likeness (QED) is 0.739. The van der Waals surface area contributed by atoms with Crippen LogP contribution in [0.2, 0.25) is 0 Å². The average molecular weight is 457 g/mol. The van der Waals surface area contributed by atoms with E-state index in [-0.39, 0.29) is 5.69 Å². The first kappa shape index (κ1) is 24.2. The first-order valence-electron chi connectivity index (χ1n) is 10.8. The lowest BCUT2D eigenvalue weighted by Gasteiger charge is -2.33. The Hall–Kier alpha value is -2.49. The molecule has 1 aromatic carbocycles. The Labute approximate surface area is 185 Å². The summed E-state index contributed by atoms with van der Waals surface area (Å²) in [6, 6.07) is 3.97. The summed E-state index contributed by atoms with van der Waals surface area (Å²) in [5, 5.41) is 2.46. The van der Waals surface area contributed by atoms with Crippen molar-refractivity contribution in [3.63, 3.8) is 0 Å². The molecule has 3 rings (SSSR count). The number of carbonyl (C=O) groups excluding carboxylic acids is 2. The van der Waals surface area contributed by atoms with Crippen LogP contribution in [-0.2, 0) is 20.4 Å². The van der Waals surface area contributed by atoms with E-state index in [9.17, 15) is 22.8 Å². The van der Waals surface area contributed by atoms with Gasteiger partial charge in [0.05, 0.1) is 24.5 Å². The van der Waals surface area contributed by atoms with Crippen molar-refractivity contribution in [2.24, 2.45) is 5.92 Å². The number of piperidine rings is 1. The second-order valence-electron chi connectivity index (χ2n) is 9.06. The largest absolute Gasteiger partial charge is 0.444 e. The van der Waals surface area contributed by atoms with Crippen molar-refractivity contribution < 1.29 is 32.2 Å². The molecule has 2 amide bonds. The van der Waals surface area contributed by atoms with Crippen LogP contribution in [0.15, 0.2) is 18.2 Å². The fraction of sp³-hybridized carbons (Fsp3) is 0.636. The number of amides is 2. The number of halogens is 3. The Morgan fingerprint density at radius 3 is 2.25 bits per heavy atom. The molecule has 2 fully saturated rings. The number of nitrogens with zero attached hydrogens (tertiary/aromatic N) is 2. The van der Waals surface area contributed by atoms with Gasteiger partial charge in [-0.05, 0) is 51.8 Å². The molecule has 32 heavy (non-hydrogen) atoms. The summed E-state index contributed by atoms with van der Waals surface area (Å²) in [5.74, 6) is -0.952. The number of ether oxygens (including phenoxy) is 2. The molecule has 2 heterocycles. The SMILES string of the molecule is CC(C)(C)OC(=O)N1CCC(C(=O)Nc2ccc(N3CCOCC3)cc2C(F)(F)F)CC1. The number of nitrogens with one attached hydrogen (secondary N) is 1. The van der Waals surface area contributed by atoms with Crippen LogP contribution in [0.1, 0.15) is 39.2 Å². The number of anilines is 2. The maximum absolute atomic E-state index is 13.7. The van der Waals surface area contributed by atoms with Gasteiger partial charge in [-0.1, -0.05) is 0 Å². The van der Waals surface area contributed by atoms with Crippen molar-refractivity contribution in [3.8, 4) is 0 Å². The summed E-state index contributed by atoms with van der Waals surface area (Å²) in [4.78, 5) is 28.2. The highest BCUT2D eigenvalue weighted by Crippen LogP contribution is 2.38. The zero-order valence-electron chi connectivity index (χ0n) is 18.6. The monoisotopic (exact) mass is 457 g/mol. The van der Waals surface area contributed by atoms with Gasteiger partial charge in [-0.2, -0.15) is 13.2 Å². The molecule has 0 radical (unpaired) electrons. The Morgan fingerprint density at radius 2 is 1.69 bits per heavy atom. The van der Waals surface area contributed by atoms with Crippen molar-refractivity contribution in [1.29, 1.82) is 0 Å². The van der Waals surface area contributed by atoms with E-state index in [1.165, 1.54) is 11.0 Å². The van der Waals surface area contributed by atoms with E-state index < -0.39 is 35.3 Å². The summed E-state index contributed by atoms with van der Waals surface area (Å²) >= 11 is 0. The third-order valence-corrected chi connectivity index (χ3v) is 5.46. The number of rotatable bonds is 3. The van der Waals surface area contributed by atoms with Gasteiger partial charge in [-0.25, -0.2) is 4.79 Å². The van der Waals surface area contributed by atoms with Crippen LogP contribution in [0, 0.1) is 5.92 Å². The topological polar surface area (TPSA) is 71.1 Å². The molecule has 2 aliphatic rings. The minimum Gasteiger partial charge on any atom is -0.444 e. The van der Waals surface area contributed by atoms with Crippen LogP contribution in [0.3, 0.4) is 0 Å². The van der Waals surface area contributed by atoms with E-state index in [1.54, 1.807) is 26.8 Å². The molecule has 2 aliphatic heterocycles. The van der Waals surface area contributed by atoms with Crippen molar-refractivity contribution in [1.82, 2.24) is 4.90 Å². The molecule has 0 saturated carbocycles. The molecular formula is C22H30F3N3O4. The van der Waals surface area contributed by atoms with Gasteiger partial charge >= 0.3 is 12.3 Å². The minimum absolute atomic E-state index is 0.255. The van der Waals surface area contributed by atoms with Gasteiger partial charge < -0.3 is 24.6 Å². The van der Waals surface area contributed by atoms with E-state index in [1.807, 2.05) is 4.90 Å². The molecule has 1 aromatic rings. The fourth-order valence-corrected chi connectivity index (χ4v) is 3.78. The van der Waals surface area contributed by atoms with E-state index >= 15 is 0 Å². The Morgan fingerprint density at radius 1 is 1.06 bits per heavy atom. The third kappa shape index (κ3) is 6.27. The maximum atomic E-state index is 13.7. The highest BCUT2D eigenvalue weighted by atomic mass is 19.4. The highest BCUT2D eigenvalue weighted by Gasteiger charge is 2.36. The first-order valence-corrected chi connectivity index (χ1v) is 10.8. The second-order valence-corrected chi connectivity index (χ2v) is 9.06. The maximum Gasteiger partial charge on any atom is 0.418 e. The lowest BCUT2D eigenvalue weighted by atomic mass is 9.96. The smallest absolute Gasteiger partial charge is 0.418 e. The fourth-order valence-electron chi connectivity index (χ4n) is 3.78. The van der Waals surface area contributed by atoms with Crippen LogP contribution in [0.5, 0.6) is 0 Å². The Balaban J connectivity index is 1.65. The molecule has 2 saturated heterocycles. The number of likely N-dealkylation sites (tertiary alicyclic amines) is 1. The van der Waals surface area contributed by atoms with E-state index in [0.29, 0.717) is 57.9 Å². The summed E-state index contributed by atoms with van der Waals surface area (Å²) in [7, 11) is 0. The van der Waals surface area contributed by atoms with Crippen molar-refractivity contribution >= 4 is 23.4 Å². The van der Waals surface area contributed by atoms with Crippen LogP contribution < -0.4 is 10.2 Å². The number of hydrogen-bond donors (Lipinski definition) is 1. The lowest BCUT2D eigenvalue weighted by Crippen LogP contribution is -2.43. The predicted octanol–water partition coefficient (Wildman–Crippen LogP) is 4.13. The number of benzene rings is 1. The third-order valence-electron chi connectivity index (χ3n) is 5.46. The van der Waals surface area contributed by atoms with Gasteiger partial charge in [0.25, 0.3) is 0 Å². The number of carbonyl (C=O) groups is 2. The van der Waals surface area contributed by atoms with Crippen molar-refractivity contribution in [2.75, 3.05) is 49.6 Å². The normalized spacial score (nSPS) is 18.4. The summed E-state index contributed by atoms with van der Waals surface area (Å²) in [6.45, 7) is 7.89. The summed E-state index contributed by atoms with van der Waals surface area (Å²) in [6.07, 6.45) is -4.34. The first-order chi connectivity index (χ1) is 14.9. The zero-order valence-corrected chi connectivity index (χ0v) is 18.6. The van der Waals surface area contributed by atoms with Crippen LogP contribution >= 0.6 is 0 Å². The van der Waals surface area contributed by atoms with Crippen molar-refractivity contribution in [2.45, 2.75) is 45.4 Å². The molecule has 178 valence electrons. The highest BCUT2D eigenvalue weighted by molar-refractivity contribution is 5.94. The number of hydrogen-bond acceptors (Lipinski definition) is 5. The Kier molecular flexibility index (Phi) is 7.22.